The topological polar surface area (TPSA) is 79.3 Å². The summed E-state index contributed by atoms with van der Waals surface area (Å²) in [6, 6.07) is 15.1. The summed E-state index contributed by atoms with van der Waals surface area (Å²) in [7, 11) is 1.61. The quantitative estimate of drug-likeness (QED) is 0.508. The molecule has 4 heterocycles. The fourth-order valence-electron chi connectivity index (χ4n) is 4.22. The van der Waals surface area contributed by atoms with Crippen LogP contribution in [0.3, 0.4) is 0 Å². The predicted octanol–water partition coefficient (Wildman–Crippen LogP) is 4.09. The summed E-state index contributed by atoms with van der Waals surface area (Å²) in [5.41, 5.74) is 3.34. The van der Waals surface area contributed by atoms with E-state index in [9.17, 15) is 4.79 Å². The van der Waals surface area contributed by atoms with Crippen LogP contribution < -0.4 is 14.2 Å². The van der Waals surface area contributed by atoms with E-state index in [4.69, 9.17) is 23.7 Å². The molecule has 8 nitrogen and oxygen atoms in total. The molecule has 0 spiro atoms. The van der Waals surface area contributed by atoms with Gasteiger partial charge in [0.25, 0.3) is 0 Å². The number of rotatable bonds is 4. The number of nitrogens with zero attached hydrogens (tertiary/aromatic N) is 2. The lowest BCUT2D eigenvalue weighted by molar-refractivity contribution is -0.0334. The number of carbonyl (C=O) groups excluding carboxylic acids is 1. The Balaban J connectivity index is 0.000000391. The molecule has 0 unspecified atom stereocenters. The van der Waals surface area contributed by atoms with E-state index in [1.165, 1.54) is 0 Å². The number of benzene rings is 2. The Morgan fingerprint density at radius 2 is 1.83 bits per heavy atom. The largest absolute Gasteiger partial charge is 0.496 e. The van der Waals surface area contributed by atoms with E-state index in [2.05, 4.69) is 9.88 Å². The van der Waals surface area contributed by atoms with Crippen LogP contribution in [0.5, 0.6) is 17.2 Å². The van der Waals surface area contributed by atoms with Crippen LogP contribution in [0.2, 0.25) is 0 Å². The van der Waals surface area contributed by atoms with E-state index in [0.717, 1.165) is 48.9 Å². The minimum absolute atomic E-state index is 0.136. The van der Waals surface area contributed by atoms with Gasteiger partial charge in [-0.25, -0.2) is 0 Å². The molecule has 0 saturated carbocycles. The summed E-state index contributed by atoms with van der Waals surface area (Å²) in [4.78, 5) is 19.3. The number of allylic oxidation sites excluding steroid dienone is 1. The summed E-state index contributed by atoms with van der Waals surface area (Å²) in [6.07, 6.45) is 5.33. The SMILES string of the molecule is C1COCCO1.COc1ccccc1/C=C1\Oc2c(ccc3c2CN(Cc2cccnc2)CO3)C1=O. The van der Waals surface area contributed by atoms with Gasteiger partial charge < -0.3 is 23.7 Å². The van der Waals surface area contributed by atoms with Gasteiger partial charge in [-0.1, -0.05) is 24.3 Å². The maximum absolute atomic E-state index is 13.0. The molecular weight excluding hydrogens is 460 g/mol. The number of hydrogen-bond donors (Lipinski definition) is 0. The molecule has 6 rings (SSSR count). The molecule has 3 aliphatic rings. The molecule has 0 bridgehead atoms. The third-order valence-corrected chi connectivity index (χ3v) is 5.98. The van der Waals surface area contributed by atoms with Crippen molar-refractivity contribution in [1.29, 1.82) is 0 Å². The van der Waals surface area contributed by atoms with Crippen molar-refractivity contribution >= 4 is 11.9 Å². The normalized spacial score (nSPS) is 17.8. The van der Waals surface area contributed by atoms with Crippen molar-refractivity contribution < 1.29 is 28.5 Å². The summed E-state index contributed by atoms with van der Waals surface area (Å²) in [5, 5.41) is 0. The van der Waals surface area contributed by atoms with Crippen LogP contribution in [-0.4, -0.2) is 55.9 Å². The molecule has 1 saturated heterocycles. The molecule has 0 atom stereocenters. The number of hydrogen-bond acceptors (Lipinski definition) is 8. The van der Waals surface area contributed by atoms with Gasteiger partial charge in [-0.2, -0.15) is 0 Å². The molecule has 36 heavy (non-hydrogen) atoms. The minimum Gasteiger partial charge on any atom is -0.496 e. The first-order valence-corrected chi connectivity index (χ1v) is 11.9. The molecule has 0 amide bonds. The highest BCUT2D eigenvalue weighted by Gasteiger charge is 2.33. The molecule has 3 aliphatic heterocycles. The van der Waals surface area contributed by atoms with Crippen molar-refractivity contribution in [3.05, 3.63) is 88.9 Å². The number of ether oxygens (including phenoxy) is 5. The number of methoxy groups -OCH3 is 1. The average Bonchev–Trinajstić information content (AvgIpc) is 3.26. The highest BCUT2D eigenvalue weighted by Crippen LogP contribution is 2.42. The highest BCUT2D eigenvalue weighted by atomic mass is 16.6. The van der Waals surface area contributed by atoms with Gasteiger partial charge in [0.05, 0.1) is 44.7 Å². The van der Waals surface area contributed by atoms with Gasteiger partial charge in [0, 0.05) is 31.0 Å². The van der Waals surface area contributed by atoms with Gasteiger partial charge in [-0.15, -0.1) is 0 Å². The Bertz CT molecular complexity index is 1230. The van der Waals surface area contributed by atoms with E-state index in [-0.39, 0.29) is 11.5 Å². The smallest absolute Gasteiger partial charge is 0.231 e. The van der Waals surface area contributed by atoms with E-state index in [1.807, 2.05) is 48.7 Å². The molecule has 1 fully saturated rings. The molecule has 186 valence electrons. The lowest BCUT2D eigenvalue weighted by Gasteiger charge is -2.29. The van der Waals surface area contributed by atoms with Crippen molar-refractivity contribution in [2.75, 3.05) is 40.3 Å². The third kappa shape index (κ3) is 5.41. The predicted molar refractivity (Wildman–Crippen MR) is 133 cm³/mol. The summed E-state index contributed by atoms with van der Waals surface area (Å²) >= 11 is 0. The van der Waals surface area contributed by atoms with Crippen LogP contribution in [-0.2, 0) is 22.6 Å². The number of carbonyl (C=O) groups is 1. The van der Waals surface area contributed by atoms with Gasteiger partial charge in [-0.05, 0) is 35.9 Å². The fraction of sp³-hybridized carbons (Fsp3) is 0.286. The van der Waals surface area contributed by atoms with Crippen LogP contribution in [0.25, 0.3) is 6.08 Å². The van der Waals surface area contributed by atoms with Crippen LogP contribution in [0, 0.1) is 0 Å². The first-order valence-electron chi connectivity index (χ1n) is 11.9. The molecular formula is C28H28N2O6. The first kappa shape index (κ1) is 24.0. The standard InChI is InChI=1S/C24H20N2O4.C4H8O2/c1-28-20-7-3-2-6-17(20)11-22-23(27)18-8-9-21-19(24(18)30-22)14-26(15-29-21)13-16-5-4-10-25-12-16;1-2-6-4-3-5-1/h2-12H,13-15H2,1H3;1-4H2/b22-11-;. The number of pyridine rings is 1. The summed E-state index contributed by atoms with van der Waals surface area (Å²) in [6.45, 7) is 4.91. The Labute approximate surface area is 210 Å². The maximum Gasteiger partial charge on any atom is 0.231 e. The number of aromatic nitrogens is 1. The minimum atomic E-state index is -0.136. The van der Waals surface area contributed by atoms with Gasteiger partial charge in [0.15, 0.2) is 5.76 Å². The second kappa shape index (κ2) is 11.3. The molecule has 2 aromatic carbocycles. The molecule has 0 N–H and O–H groups in total. The Morgan fingerprint density at radius 3 is 2.56 bits per heavy atom. The maximum atomic E-state index is 13.0. The Hall–Kier alpha value is -3.72. The lowest BCUT2D eigenvalue weighted by atomic mass is 10.0. The van der Waals surface area contributed by atoms with Crippen LogP contribution in [0.1, 0.15) is 27.0 Å². The molecule has 0 radical (unpaired) electrons. The van der Waals surface area contributed by atoms with Crippen LogP contribution in [0.4, 0.5) is 0 Å². The Kier molecular flexibility index (Phi) is 7.56. The van der Waals surface area contributed by atoms with E-state index >= 15 is 0 Å². The molecule has 3 aromatic rings. The highest BCUT2D eigenvalue weighted by molar-refractivity contribution is 6.15. The van der Waals surface area contributed by atoms with Gasteiger partial charge >= 0.3 is 0 Å². The van der Waals surface area contributed by atoms with Crippen LogP contribution in [0.15, 0.2) is 66.7 Å². The van der Waals surface area contributed by atoms with Crippen LogP contribution >= 0.6 is 0 Å². The number of fused-ring (bicyclic) bond motifs is 3. The zero-order chi connectivity index (χ0) is 24.7. The number of para-hydroxylation sites is 1. The van der Waals surface area contributed by atoms with E-state index in [1.54, 1.807) is 25.4 Å². The Morgan fingerprint density at radius 1 is 1.03 bits per heavy atom. The van der Waals surface area contributed by atoms with Crippen molar-refractivity contribution in [3.8, 4) is 17.2 Å². The monoisotopic (exact) mass is 488 g/mol. The fourth-order valence-corrected chi connectivity index (χ4v) is 4.22. The van der Waals surface area contributed by atoms with Gasteiger partial charge in [-0.3, -0.25) is 14.7 Å². The molecule has 8 heteroatoms. The summed E-state index contributed by atoms with van der Waals surface area (Å²) in [5.74, 6) is 2.16. The summed E-state index contributed by atoms with van der Waals surface area (Å²) < 4.78 is 27.3. The van der Waals surface area contributed by atoms with E-state index in [0.29, 0.717) is 36.9 Å². The van der Waals surface area contributed by atoms with Crippen molar-refractivity contribution in [2.45, 2.75) is 13.1 Å². The molecule has 1 aromatic heterocycles. The first-order chi connectivity index (χ1) is 17.7. The van der Waals surface area contributed by atoms with Crippen molar-refractivity contribution in [2.24, 2.45) is 0 Å². The van der Waals surface area contributed by atoms with E-state index < -0.39 is 0 Å². The second-order valence-corrected chi connectivity index (χ2v) is 8.45. The third-order valence-electron chi connectivity index (χ3n) is 5.98. The van der Waals surface area contributed by atoms with Gasteiger partial charge in [0.2, 0.25) is 5.78 Å². The lowest BCUT2D eigenvalue weighted by Crippen LogP contribution is -2.31. The zero-order valence-electron chi connectivity index (χ0n) is 20.1. The van der Waals surface area contributed by atoms with Gasteiger partial charge in [0.1, 0.15) is 24.0 Å². The number of ketones is 1. The average molecular weight is 489 g/mol. The number of Topliss-reactive ketones (excluding diaryl/α,β-unsaturated/α-hetero) is 1. The van der Waals surface area contributed by atoms with Crippen molar-refractivity contribution in [3.63, 3.8) is 0 Å². The zero-order valence-corrected chi connectivity index (χ0v) is 20.1. The van der Waals surface area contributed by atoms with Crippen molar-refractivity contribution in [1.82, 2.24) is 9.88 Å². The molecule has 0 aliphatic carbocycles. The second-order valence-electron chi connectivity index (χ2n) is 8.45.